The highest BCUT2D eigenvalue weighted by atomic mass is 19.4. The minimum absolute atomic E-state index is 0.383. The van der Waals surface area contributed by atoms with E-state index in [0.29, 0.717) is 40.2 Å². The van der Waals surface area contributed by atoms with Crippen LogP contribution >= 0.6 is 0 Å². The molecule has 0 fully saturated rings. The Morgan fingerprint density at radius 3 is 2.65 bits per heavy atom. The van der Waals surface area contributed by atoms with E-state index in [-0.39, 0.29) is 0 Å². The fourth-order valence-corrected chi connectivity index (χ4v) is 2.76. The molecule has 0 aliphatic heterocycles. The van der Waals surface area contributed by atoms with Gasteiger partial charge in [0.05, 0.1) is 23.8 Å². The number of alkyl halides is 3. The van der Waals surface area contributed by atoms with E-state index in [1.165, 1.54) is 6.07 Å². The zero-order valence-electron chi connectivity index (χ0n) is 13.7. The van der Waals surface area contributed by atoms with Gasteiger partial charge in [0.15, 0.2) is 0 Å². The van der Waals surface area contributed by atoms with Crippen molar-refractivity contribution in [2.75, 3.05) is 0 Å². The topological polar surface area (TPSA) is 56.7 Å². The maximum atomic E-state index is 12.9. The van der Waals surface area contributed by atoms with Gasteiger partial charge in [0, 0.05) is 17.8 Å². The van der Waals surface area contributed by atoms with Crippen molar-refractivity contribution >= 4 is 11.0 Å². The molecule has 0 aliphatic carbocycles. The molecule has 132 valence electrons. The Balaban J connectivity index is 1.74. The van der Waals surface area contributed by atoms with Crippen LogP contribution in [-0.4, -0.2) is 19.9 Å². The predicted molar refractivity (Wildman–Crippen MR) is 88.3 cm³/mol. The summed E-state index contributed by atoms with van der Waals surface area (Å²) in [6, 6.07) is 8.75. The summed E-state index contributed by atoms with van der Waals surface area (Å²) < 4.78 is 45.6. The molecule has 8 heteroatoms. The molecule has 0 spiro atoms. The lowest BCUT2D eigenvalue weighted by atomic mass is 10.0. The fraction of sp³-hybridized carbons (Fsp3) is 0.167. The van der Waals surface area contributed by atoms with E-state index in [0.717, 1.165) is 12.1 Å². The summed E-state index contributed by atoms with van der Waals surface area (Å²) in [6.45, 7) is 2.18. The van der Waals surface area contributed by atoms with Gasteiger partial charge in [0.1, 0.15) is 17.0 Å². The third-order valence-corrected chi connectivity index (χ3v) is 4.01. The predicted octanol–water partition coefficient (Wildman–Crippen LogP) is 4.46. The SMILES string of the molecule is Cc1cc(Cn2ncc3ncc(-c4cccc(C(F)(F)F)c4)cc32)no1. The van der Waals surface area contributed by atoms with Gasteiger partial charge < -0.3 is 4.52 Å². The lowest BCUT2D eigenvalue weighted by Crippen LogP contribution is -2.04. The van der Waals surface area contributed by atoms with E-state index in [4.69, 9.17) is 4.52 Å². The number of aromatic nitrogens is 4. The molecule has 0 unspecified atom stereocenters. The molecular weight excluding hydrogens is 345 g/mol. The zero-order valence-corrected chi connectivity index (χ0v) is 13.7. The van der Waals surface area contributed by atoms with Crippen molar-refractivity contribution in [1.29, 1.82) is 0 Å². The second-order valence-corrected chi connectivity index (χ2v) is 5.94. The van der Waals surface area contributed by atoms with E-state index in [1.807, 2.05) is 0 Å². The van der Waals surface area contributed by atoms with E-state index >= 15 is 0 Å². The molecule has 3 aromatic heterocycles. The zero-order chi connectivity index (χ0) is 18.3. The van der Waals surface area contributed by atoms with Gasteiger partial charge >= 0.3 is 6.18 Å². The summed E-state index contributed by atoms with van der Waals surface area (Å²) in [5.41, 5.74) is 2.40. The summed E-state index contributed by atoms with van der Waals surface area (Å²) in [7, 11) is 0. The Morgan fingerprint density at radius 2 is 1.92 bits per heavy atom. The molecule has 0 saturated carbocycles. The number of pyridine rings is 1. The highest BCUT2D eigenvalue weighted by Crippen LogP contribution is 2.32. The van der Waals surface area contributed by atoms with E-state index in [9.17, 15) is 13.2 Å². The van der Waals surface area contributed by atoms with Crippen LogP contribution in [0.3, 0.4) is 0 Å². The Bertz CT molecular complexity index is 1080. The number of hydrogen-bond acceptors (Lipinski definition) is 4. The van der Waals surface area contributed by atoms with Crippen LogP contribution in [0, 0.1) is 6.92 Å². The van der Waals surface area contributed by atoms with E-state index < -0.39 is 11.7 Å². The van der Waals surface area contributed by atoms with Gasteiger partial charge in [-0.1, -0.05) is 17.3 Å². The van der Waals surface area contributed by atoms with Crippen molar-refractivity contribution in [2.24, 2.45) is 0 Å². The maximum Gasteiger partial charge on any atom is 0.416 e. The third-order valence-electron chi connectivity index (χ3n) is 4.01. The van der Waals surface area contributed by atoms with Crippen LogP contribution in [0.4, 0.5) is 13.2 Å². The summed E-state index contributed by atoms with van der Waals surface area (Å²) in [5.74, 6) is 0.694. The van der Waals surface area contributed by atoms with Crippen LogP contribution in [0.2, 0.25) is 0 Å². The van der Waals surface area contributed by atoms with Gasteiger partial charge in [-0.05, 0) is 30.7 Å². The first-order chi connectivity index (χ1) is 12.4. The summed E-state index contributed by atoms with van der Waals surface area (Å²) >= 11 is 0. The van der Waals surface area contributed by atoms with Gasteiger partial charge in [-0.3, -0.25) is 9.67 Å². The quantitative estimate of drug-likeness (QED) is 0.542. The van der Waals surface area contributed by atoms with E-state index in [1.54, 1.807) is 42.2 Å². The third kappa shape index (κ3) is 3.05. The van der Waals surface area contributed by atoms with Crippen molar-refractivity contribution in [3.63, 3.8) is 0 Å². The molecule has 26 heavy (non-hydrogen) atoms. The molecule has 5 nitrogen and oxygen atoms in total. The maximum absolute atomic E-state index is 12.9. The number of hydrogen-bond donors (Lipinski definition) is 0. The number of nitrogens with zero attached hydrogens (tertiary/aromatic N) is 4. The van der Waals surface area contributed by atoms with Crippen molar-refractivity contribution in [1.82, 2.24) is 19.9 Å². The molecule has 0 saturated heterocycles. The molecule has 3 heterocycles. The molecule has 4 rings (SSSR count). The first kappa shape index (κ1) is 16.3. The van der Waals surface area contributed by atoms with Crippen LogP contribution in [0.15, 0.2) is 53.3 Å². The molecular formula is C18H13F3N4O. The molecule has 1 aromatic carbocycles. The van der Waals surface area contributed by atoms with Crippen LogP contribution in [-0.2, 0) is 12.7 Å². The Hall–Kier alpha value is -3.16. The monoisotopic (exact) mass is 358 g/mol. The average molecular weight is 358 g/mol. The highest BCUT2D eigenvalue weighted by Gasteiger charge is 2.30. The second kappa shape index (κ2) is 5.98. The summed E-state index contributed by atoms with van der Waals surface area (Å²) in [4.78, 5) is 4.31. The molecule has 4 aromatic rings. The van der Waals surface area contributed by atoms with Crippen molar-refractivity contribution < 1.29 is 17.7 Å². The first-order valence-corrected chi connectivity index (χ1v) is 7.81. The molecule has 0 bridgehead atoms. The summed E-state index contributed by atoms with van der Waals surface area (Å²) in [5, 5.41) is 8.22. The molecule has 0 N–H and O–H groups in total. The van der Waals surface area contributed by atoms with Crippen LogP contribution < -0.4 is 0 Å². The average Bonchev–Trinajstić information content (AvgIpc) is 3.20. The first-order valence-electron chi connectivity index (χ1n) is 7.81. The van der Waals surface area contributed by atoms with Gasteiger partial charge in [-0.25, -0.2) is 0 Å². The minimum atomic E-state index is -4.39. The largest absolute Gasteiger partial charge is 0.416 e. The smallest absolute Gasteiger partial charge is 0.361 e. The lowest BCUT2D eigenvalue weighted by molar-refractivity contribution is -0.137. The van der Waals surface area contributed by atoms with Gasteiger partial charge in [0.25, 0.3) is 0 Å². The highest BCUT2D eigenvalue weighted by molar-refractivity contribution is 5.80. The number of aryl methyl sites for hydroxylation is 1. The van der Waals surface area contributed by atoms with Crippen molar-refractivity contribution in [3.8, 4) is 11.1 Å². The Morgan fingerprint density at radius 1 is 1.08 bits per heavy atom. The van der Waals surface area contributed by atoms with Crippen molar-refractivity contribution in [3.05, 3.63) is 65.8 Å². The standard InChI is InChI=1S/C18H13F3N4O/c1-11-5-15(24-26-11)10-25-17-7-13(8-22-16(17)9-23-25)12-3-2-4-14(6-12)18(19,20)21/h2-9H,10H2,1H3. The molecule has 0 aliphatic rings. The normalized spacial score (nSPS) is 12.0. The van der Waals surface area contributed by atoms with Crippen LogP contribution in [0.1, 0.15) is 17.0 Å². The molecule has 0 amide bonds. The number of fused-ring (bicyclic) bond motifs is 1. The van der Waals surface area contributed by atoms with Gasteiger partial charge in [0.2, 0.25) is 0 Å². The number of benzene rings is 1. The van der Waals surface area contributed by atoms with Gasteiger partial charge in [-0.15, -0.1) is 0 Å². The van der Waals surface area contributed by atoms with Crippen LogP contribution in [0.5, 0.6) is 0 Å². The Kier molecular flexibility index (Phi) is 3.75. The van der Waals surface area contributed by atoms with Crippen LogP contribution in [0.25, 0.3) is 22.2 Å². The molecule has 0 radical (unpaired) electrons. The van der Waals surface area contributed by atoms with Gasteiger partial charge in [-0.2, -0.15) is 18.3 Å². The fourth-order valence-electron chi connectivity index (χ4n) is 2.76. The lowest BCUT2D eigenvalue weighted by Gasteiger charge is -2.09. The van der Waals surface area contributed by atoms with Crippen molar-refractivity contribution in [2.45, 2.75) is 19.6 Å². The number of rotatable bonds is 3. The molecule has 0 atom stereocenters. The van der Waals surface area contributed by atoms with E-state index in [2.05, 4.69) is 15.2 Å². The summed E-state index contributed by atoms with van der Waals surface area (Å²) in [6.07, 6.45) is -1.23. The minimum Gasteiger partial charge on any atom is -0.361 e. The second-order valence-electron chi connectivity index (χ2n) is 5.94. The Labute approximate surface area is 146 Å². The number of halogens is 3.